The second-order valence-corrected chi connectivity index (χ2v) is 6.32. The Bertz CT molecular complexity index is 824. The number of carboxylic acid groups (broad SMARTS) is 1. The van der Waals surface area contributed by atoms with Crippen LogP contribution in [0.25, 0.3) is 0 Å². The average molecular weight is 415 g/mol. The lowest BCUT2D eigenvalue weighted by Crippen LogP contribution is -2.70. The van der Waals surface area contributed by atoms with Gasteiger partial charge in [0.2, 0.25) is 0 Å². The average Bonchev–Trinajstić information content (AvgIpc) is 3.05. The second kappa shape index (κ2) is 8.62. The van der Waals surface area contributed by atoms with E-state index in [2.05, 4.69) is 25.0 Å². The Morgan fingerprint density at radius 2 is 2.14 bits per heavy atom. The lowest BCUT2D eigenvalue weighted by atomic mass is 10.00. The molecular formula is C14H17N5O8S. The number of amides is 2. The van der Waals surface area contributed by atoms with E-state index in [1.807, 2.05) is 0 Å². The first-order chi connectivity index (χ1) is 13.1. The number of rotatable bonds is 8. The molecule has 0 saturated carbocycles. The van der Waals surface area contributed by atoms with Crippen LogP contribution in [-0.2, 0) is 33.6 Å². The van der Waals surface area contributed by atoms with Gasteiger partial charge in [-0.25, -0.2) is 19.7 Å². The molecule has 0 aromatic carbocycles. The van der Waals surface area contributed by atoms with E-state index in [1.165, 1.54) is 19.4 Å². The van der Waals surface area contributed by atoms with Crippen molar-refractivity contribution >= 4 is 45.9 Å². The number of esters is 1. The zero-order chi connectivity index (χ0) is 21.0. The van der Waals surface area contributed by atoms with Crippen LogP contribution in [0, 0.1) is 0 Å². The minimum Gasteiger partial charge on any atom is -0.477 e. The maximum Gasteiger partial charge on any atom is 0.376 e. The van der Waals surface area contributed by atoms with E-state index < -0.39 is 42.1 Å². The maximum atomic E-state index is 12.4. The smallest absolute Gasteiger partial charge is 0.376 e. The van der Waals surface area contributed by atoms with Crippen LogP contribution in [0.2, 0.25) is 0 Å². The van der Waals surface area contributed by atoms with Crippen LogP contribution in [0.1, 0.15) is 19.5 Å². The molecule has 28 heavy (non-hydrogen) atoms. The predicted molar refractivity (Wildman–Crippen MR) is 92.6 cm³/mol. The van der Waals surface area contributed by atoms with Gasteiger partial charge >= 0.3 is 18.2 Å². The zero-order valence-corrected chi connectivity index (χ0v) is 15.8. The standard InChI is InChI=1S/C14H17N5O8S/c1-5-8(11(22)19(5)27-13(12(23)24)26-6(2)20)17-10(21)9(18-25-3)7-4-28-14(15)16-7/h4-5,8,13H,1-3H3,(H2,15,16)(H,17,21)(H,23,24)/b18-9-/t5-,8-,13-/m0/s1. The normalized spacial score (nSPS) is 20.2. The molecule has 3 atom stereocenters. The largest absolute Gasteiger partial charge is 0.477 e. The van der Waals surface area contributed by atoms with Gasteiger partial charge in [-0.1, -0.05) is 5.16 Å². The fourth-order valence-electron chi connectivity index (χ4n) is 2.20. The summed E-state index contributed by atoms with van der Waals surface area (Å²) in [6.45, 7) is 2.48. The quantitative estimate of drug-likeness (QED) is 0.152. The number of hydroxylamine groups is 2. The monoisotopic (exact) mass is 415 g/mol. The minimum atomic E-state index is -2.00. The van der Waals surface area contributed by atoms with Crippen molar-refractivity contribution < 1.29 is 38.7 Å². The molecule has 1 aliphatic rings. The third-order valence-corrected chi connectivity index (χ3v) is 4.14. The van der Waals surface area contributed by atoms with Gasteiger partial charge in [-0.05, 0) is 6.92 Å². The third-order valence-electron chi connectivity index (χ3n) is 3.47. The molecule has 4 N–H and O–H groups in total. The van der Waals surface area contributed by atoms with Gasteiger partial charge in [0.15, 0.2) is 10.8 Å². The summed E-state index contributed by atoms with van der Waals surface area (Å²) in [7, 11) is 1.23. The molecule has 2 heterocycles. The van der Waals surface area contributed by atoms with E-state index in [1.54, 1.807) is 0 Å². The molecule has 1 saturated heterocycles. The summed E-state index contributed by atoms with van der Waals surface area (Å²) >= 11 is 1.09. The molecular weight excluding hydrogens is 398 g/mol. The van der Waals surface area contributed by atoms with Gasteiger partial charge in [0.1, 0.15) is 18.8 Å². The number of oxime groups is 1. The van der Waals surface area contributed by atoms with Crippen LogP contribution in [0.3, 0.4) is 0 Å². The highest BCUT2D eigenvalue weighted by atomic mass is 32.1. The van der Waals surface area contributed by atoms with Crippen molar-refractivity contribution in [3.8, 4) is 0 Å². The molecule has 14 heteroatoms. The van der Waals surface area contributed by atoms with Crippen molar-refractivity contribution in [3.05, 3.63) is 11.1 Å². The van der Waals surface area contributed by atoms with Crippen LogP contribution in [0.15, 0.2) is 10.5 Å². The number of nitrogens with one attached hydrogen (secondary N) is 1. The van der Waals surface area contributed by atoms with E-state index in [0.29, 0.717) is 5.06 Å². The number of carbonyl (C=O) groups excluding carboxylic acids is 3. The number of carboxylic acids is 1. The van der Waals surface area contributed by atoms with E-state index >= 15 is 0 Å². The third kappa shape index (κ3) is 4.52. The number of anilines is 1. The van der Waals surface area contributed by atoms with E-state index in [4.69, 9.17) is 15.7 Å². The van der Waals surface area contributed by atoms with Crippen molar-refractivity contribution in [2.24, 2.45) is 5.16 Å². The number of hydrogen-bond donors (Lipinski definition) is 3. The number of β-lactam (4-membered cyclic amide) rings is 1. The number of nitrogen functional groups attached to an aromatic ring is 1. The summed E-state index contributed by atoms with van der Waals surface area (Å²) in [4.78, 5) is 60.1. The van der Waals surface area contributed by atoms with E-state index in [9.17, 15) is 19.2 Å². The van der Waals surface area contributed by atoms with Crippen LogP contribution >= 0.6 is 11.3 Å². The Labute approximate surface area is 162 Å². The Morgan fingerprint density at radius 1 is 1.46 bits per heavy atom. The first-order valence-electron chi connectivity index (χ1n) is 7.69. The molecule has 1 fully saturated rings. The van der Waals surface area contributed by atoms with E-state index in [-0.39, 0.29) is 16.5 Å². The van der Waals surface area contributed by atoms with Crippen molar-refractivity contribution in [1.82, 2.24) is 15.4 Å². The van der Waals surface area contributed by atoms with Crippen LogP contribution in [0.5, 0.6) is 0 Å². The number of nitrogens with two attached hydrogens (primary N) is 1. The molecule has 0 aliphatic carbocycles. The molecule has 0 radical (unpaired) electrons. The number of thiazole rings is 1. The van der Waals surface area contributed by atoms with Gasteiger partial charge in [-0.3, -0.25) is 14.4 Å². The van der Waals surface area contributed by atoms with Crippen molar-refractivity contribution in [2.45, 2.75) is 32.2 Å². The second-order valence-electron chi connectivity index (χ2n) is 5.43. The molecule has 1 aromatic rings. The minimum absolute atomic E-state index is 0.162. The summed E-state index contributed by atoms with van der Waals surface area (Å²) in [5.74, 6) is -4.00. The molecule has 1 aliphatic heterocycles. The van der Waals surface area contributed by atoms with Crippen molar-refractivity contribution in [3.63, 3.8) is 0 Å². The van der Waals surface area contributed by atoms with Gasteiger partial charge < -0.3 is 25.7 Å². The van der Waals surface area contributed by atoms with Crippen LogP contribution in [0.4, 0.5) is 5.13 Å². The number of aliphatic carboxylic acids is 1. The first kappa shape index (κ1) is 21.0. The predicted octanol–water partition coefficient (Wildman–Crippen LogP) is -1.30. The molecule has 152 valence electrons. The Balaban J connectivity index is 2.04. The topological polar surface area (TPSA) is 183 Å². The van der Waals surface area contributed by atoms with Crippen molar-refractivity contribution in [2.75, 3.05) is 12.8 Å². The summed E-state index contributed by atoms with van der Waals surface area (Å²) in [5, 5.41) is 17.4. The number of aromatic nitrogens is 1. The van der Waals surface area contributed by atoms with Gasteiger partial charge in [-0.2, -0.15) is 0 Å². The summed E-state index contributed by atoms with van der Waals surface area (Å²) in [6.07, 6.45) is -2.00. The molecule has 0 spiro atoms. The van der Waals surface area contributed by atoms with Gasteiger partial charge in [0.05, 0.1) is 6.04 Å². The van der Waals surface area contributed by atoms with Crippen molar-refractivity contribution in [1.29, 1.82) is 0 Å². The number of carbonyl (C=O) groups is 4. The Hall–Kier alpha value is -3.26. The zero-order valence-electron chi connectivity index (χ0n) is 14.9. The SMILES string of the molecule is CO/N=C(\C(=O)N[C@@H]1C(=O)N(O[C@H](OC(C)=O)C(=O)O)[C@H]1C)c1csc(N)n1. The molecule has 2 amide bonds. The number of nitrogens with zero attached hydrogens (tertiary/aromatic N) is 3. The molecule has 2 rings (SSSR count). The highest BCUT2D eigenvalue weighted by Gasteiger charge is 2.49. The Morgan fingerprint density at radius 3 is 2.61 bits per heavy atom. The van der Waals surface area contributed by atoms with Crippen LogP contribution < -0.4 is 11.1 Å². The summed E-state index contributed by atoms with van der Waals surface area (Å²) in [5.41, 5.74) is 5.50. The Kier molecular flexibility index (Phi) is 6.48. The number of ether oxygens (including phenoxy) is 1. The molecule has 1 aromatic heterocycles. The first-order valence-corrected chi connectivity index (χ1v) is 8.57. The highest BCUT2D eigenvalue weighted by Crippen LogP contribution is 2.22. The summed E-state index contributed by atoms with van der Waals surface area (Å²) in [6, 6.07) is -1.78. The lowest BCUT2D eigenvalue weighted by Gasteiger charge is -2.44. The lowest BCUT2D eigenvalue weighted by molar-refractivity contribution is -0.292. The molecule has 0 unspecified atom stereocenters. The fraction of sp³-hybridized carbons (Fsp3) is 0.429. The number of hydrogen-bond acceptors (Lipinski definition) is 11. The summed E-state index contributed by atoms with van der Waals surface area (Å²) < 4.78 is 4.46. The highest BCUT2D eigenvalue weighted by molar-refractivity contribution is 7.13. The van der Waals surface area contributed by atoms with Gasteiger partial charge in [0, 0.05) is 12.3 Å². The van der Waals surface area contributed by atoms with E-state index in [0.717, 1.165) is 18.3 Å². The molecule has 13 nitrogen and oxygen atoms in total. The maximum absolute atomic E-state index is 12.4. The van der Waals surface area contributed by atoms with Crippen LogP contribution in [-0.4, -0.2) is 70.1 Å². The molecule has 0 bridgehead atoms. The van der Waals surface area contributed by atoms with Gasteiger partial charge in [0.25, 0.3) is 11.8 Å². The fourth-order valence-corrected chi connectivity index (χ4v) is 2.75. The van der Waals surface area contributed by atoms with Gasteiger partial charge in [-0.15, -0.1) is 11.3 Å².